The summed E-state index contributed by atoms with van der Waals surface area (Å²) >= 11 is 0. The van der Waals surface area contributed by atoms with Crippen LogP contribution in [0.5, 0.6) is 11.5 Å². The second kappa shape index (κ2) is 12.9. The molecule has 2 aromatic rings. The van der Waals surface area contributed by atoms with Crippen LogP contribution in [0, 0.1) is 5.92 Å². The minimum absolute atomic E-state index is 0.190. The maximum absolute atomic E-state index is 11.6. The summed E-state index contributed by atoms with van der Waals surface area (Å²) in [7, 11) is 3.84. The second-order valence-corrected chi connectivity index (χ2v) is 10.2. The van der Waals surface area contributed by atoms with E-state index in [2.05, 4.69) is 46.1 Å². The lowest BCUT2D eigenvalue weighted by Gasteiger charge is -2.34. The fraction of sp³-hybridized carbons (Fsp3) is 0.586. The topological polar surface area (TPSA) is 58.1 Å². The van der Waals surface area contributed by atoms with Crippen molar-refractivity contribution in [3.05, 3.63) is 47.8 Å². The molecule has 0 unspecified atom stereocenters. The summed E-state index contributed by atoms with van der Waals surface area (Å²) in [5.41, 5.74) is 3.38. The average molecular weight is 495 g/mol. The van der Waals surface area contributed by atoms with Gasteiger partial charge in [-0.15, -0.1) is 0 Å². The minimum Gasteiger partial charge on any atom is -0.493 e. The highest BCUT2D eigenvalue weighted by Crippen LogP contribution is 2.29. The average Bonchev–Trinajstić information content (AvgIpc) is 3.41. The first kappa shape index (κ1) is 26.3. The molecule has 1 aromatic heterocycles. The van der Waals surface area contributed by atoms with Crippen molar-refractivity contribution in [2.75, 3.05) is 64.9 Å². The number of carbonyl (C=O) groups excluding carboxylic acids is 1. The van der Waals surface area contributed by atoms with Gasteiger partial charge in [0.15, 0.2) is 11.5 Å². The van der Waals surface area contributed by atoms with Gasteiger partial charge >= 0.3 is 0 Å². The Bertz CT molecular complexity index is 984. The molecule has 2 fully saturated rings. The van der Waals surface area contributed by atoms with Crippen molar-refractivity contribution in [3.8, 4) is 11.5 Å². The zero-order valence-corrected chi connectivity index (χ0v) is 22.2. The van der Waals surface area contributed by atoms with Gasteiger partial charge in [0.2, 0.25) is 5.91 Å². The number of carbonyl (C=O) groups is 1. The Morgan fingerprint density at radius 3 is 2.58 bits per heavy atom. The van der Waals surface area contributed by atoms with Crippen LogP contribution in [0.4, 0.5) is 5.69 Å². The first-order valence-electron chi connectivity index (χ1n) is 13.5. The van der Waals surface area contributed by atoms with Gasteiger partial charge in [-0.25, -0.2) is 0 Å². The van der Waals surface area contributed by atoms with Crippen LogP contribution in [-0.4, -0.2) is 80.7 Å². The predicted molar refractivity (Wildman–Crippen MR) is 144 cm³/mol. The number of methoxy groups -OCH3 is 1. The number of rotatable bonds is 11. The van der Waals surface area contributed by atoms with Crippen molar-refractivity contribution >= 4 is 11.6 Å². The van der Waals surface area contributed by atoms with Crippen molar-refractivity contribution < 1.29 is 14.3 Å². The van der Waals surface area contributed by atoms with Gasteiger partial charge in [-0.1, -0.05) is 6.07 Å². The summed E-state index contributed by atoms with van der Waals surface area (Å²) in [6, 6.07) is 10.4. The fourth-order valence-corrected chi connectivity index (χ4v) is 5.35. The third-order valence-corrected chi connectivity index (χ3v) is 7.52. The van der Waals surface area contributed by atoms with E-state index in [1.807, 2.05) is 17.2 Å². The molecule has 7 nitrogen and oxygen atoms in total. The van der Waals surface area contributed by atoms with E-state index < -0.39 is 0 Å². The van der Waals surface area contributed by atoms with E-state index in [1.165, 1.54) is 31.6 Å². The fourth-order valence-electron chi connectivity index (χ4n) is 5.35. The maximum Gasteiger partial charge on any atom is 0.219 e. The number of ether oxygens (including phenoxy) is 2. The van der Waals surface area contributed by atoms with Crippen LogP contribution < -0.4 is 14.4 Å². The van der Waals surface area contributed by atoms with Crippen molar-refractivity contribution in [2.24, 2.45) is 5.92 Å². The van der Waals surface area contributed by atoms with E-state index >= 15 is 0 Å². The lowest BCUT2D eigenvalue weighted by Crippen LogP contribution is -2.40. The number of anilines is 1. The molecule has 0 radical (unpaired) electrons. The highest BCUT2D eigenvalue weighted by Gasteiger charge is 2.22. The van der Waals surface area contributed by atoms with E-state index in [9.17, 15) is 4.79 Å². The highest BCUT2D eigenvalue weighted by molar-refractivity contribution is 5.73. The SMILES string of the molecule is COc1ccc(Cc2cc(N(C)CC3CCN(C(C)=O)CC3)ccn2)cc1OCCCN1CCCC1. The Balaban J connectivity index is 1.32. The quantitative estimate of drug-likeness (QED) is 0.436. The predicted octanol–water partition coefficient (Wildman–Crippen LogP) is 4.24. The number of benzene rings is 1. The summed E-state index contributed by atoms with van der Waals surface area (Å²) < 4.78 is 11.7. The Morgan fingerprint density at radius 1 is 1.08 bits per heavy atom. The number of likely N-dealkylation sites (tertiary alicyclic amines) is 2. The van der Waals surface area contributed by atoms with Crippen molar-refractivity contribution in [1.29, 1.82) is 0 Å². The zero-order valence-electron chi connectivity index (χ0n) is 22.2. The number of hydrogen-bond acceptors (Lipinski definition) is 6. The van der Waals surface area contributed by atoms with Gasteiger partial charge in [0.05, 0.1) is 13.7 Å². The lowest BCUT2D eigenvalue weighted by molar-refractivity contribution is -0.130. The highest BCUT2D eigenvalue weighted by atomic mass is 16.5. The molecular formula is C29H42N4O3. The number of hydrogen-bond donors (Lipinski definition) is 0. The van der Waals surface area contributed by atoms with Gasteiger partial charge < -0.3 is 24.2 Å². The van der Waals surface area contributed by atoms with E-state index in [0.717, 1.165) is 74.6 Å². The van der Waals surface area contributed by atoms with Crippen LogP contribution in [0.1, 0.15) is 50.3 Å². The molecule has 2 aliphatic heterocycles. The largest absolute Gasteiger partial charge is 0.493 e. The Kier molecular flexibility index (Phi) is 9.45. The van der Waals surface area contributed by atoms with Crippen molar-refractivity contribution in [3.63, 3.8) is 0 Å². The van der Waals surface area contributed by atoms with Gasteiger partial charge in [-0.05, 0) is 80.9 Å². The van der Waals surface area contributed by atoms with E-state index in [1.54, 1.807) is 14.0 Å². The molecule has 0 aliphatic carbocycles. The van der Waals surface area contributed by atoms with Gasteiger partial charge in [-0.3, -0.25) is 9.78 Å². The molecule has 1 aromatic carbocycles. The second-order valence-electron chi connectivity index (χ2n) is 10.2. The molecule has 1 amide bonds. The number of amides is 1. The normalized spacial score (nSPS) is 16.8. The lowest BCUT2D eigenvalue weighted by atomic mass is 9.96. The summed E-state index contributed by atoms with van der Waals surface area (Å²) in [5, 5.41) is 0. The first-order valence-corrected chi connectivity index (χ1v) is 13.5. The van der Waals surface area contributed by atoms with Gasteiger partial charge in [0.1, 0.15) is 0 Å². The Morgan fingerprint density at radius 2 is 1.86 bits per heavy atom. The molecule has 0 saturated carbocycles. The molecule has 36 heavy (non-hydrogen) atoms. The molecule has 0 bridgehead atoms. The molecule has 0 N–H and O–H groups in total. The summed E-state index contributed by atoms with van der Waals surface area (Å²) in [6.45, 7) is 8.64. The summed E-state index contributed by atoms with van der Waals surface area (Å²) in [6.07, 6.45) is 8.44. The molecule has 2 saturated heterocycles. The third kappa shape index (κ3) is 7.36. The van der Waals surface area contributed by atoms with Gasteiger partial charge in [0, 0.05) is 64.1 Å². The van der Waals surface area contributed by atoms with Crippen LogP contribution in [0.15, 0.2) is 36.5 Å². The number of piperidine rings is 1. The zero-order chi connectivity index (χ0) is 25.3. The van der Waals surface area contributed by atoms with E-state index in [0.29, 0.717) is 12.5 Å². The number of nitrogens with zero attached hydrogens (tertiary/aromatic N) is 4. The Hall–Kier alpha value is -2.80. The van der Waals surface area contributed by atoms with Crippen LogP contribution in [0.25, 0.3) is 0 Å². The van der Waals surface area contributed by atoms with E-state index in [4.69, 9.17) is 9.47 Å². The molecule has 0 atom stereocenters. The molecule has 7 heteroatoms. The molecule has 0 spiro atoms. The monoisotopic (exact) mass is 494 g/mol. The van der Waals surface area contributed by atoms with Crippen LogP contribution in [0.2, 0.25) is 0 Å². The minimum atomic E-state index is 0.190. The molecule has 2 aliphatic rings. The number of pyridine rings is 1. The maximum atomic E-state index is 11.6. The number of aromatic nitrogens is 1. The van der Waals surface area contributed by atoms with Crippen molar-refractivity contribution in [1.82, 2.24) is 14.8 Å². The van der Waals surface area contributed by atoms with Crippen LogP contribution in [0.3, 0.4) is 0 Å². The summed E-state index contributed by atoms with van der Waals surface area (Å²) in [4.78, 5) is 23.0. The molecule has 3 heterocycles. The van der Waals surface area contributed by atoms with E-state index in [-0.39, 0.29) is 5.91 Å². The molecular weight excluding hydrogens is 452 g/mol. The molecule has 196 valence electrons. The van der Waals surface area contributed by atoms with Crippen molar-refractivity contribution in [2.45, 2.75) is 45.4 Å². The third-order valence-electron chi connectivity index (χ3n) is 7.52. The standard InChI is InChI=1S/C29H42N4O3/c1-23(34)33-16-10-24(11-17-33)22-31(2)27-9-12-30-26(21-27)19-25-7-8-28(35-3)29(20-25)36-18-6-15-32-13-4-5-14-32/h7-9,12,20-21,24H,4-6,10-11,13-19,22H2,1-3H3. The van der Waals surface area contributed by atoms with Crippen LogP contribution in [-0.2, 0) is 11.2 Å². The van der Waals surface area contributed by atoms with Gasteiger partial charge in [-0.2, -0.15) is 0 Å². The molecule has 4 rings (SSSR count). The van der Waals surface area contributed by atoms with Gasteiger partial charge in [0.25, 0.3) is 0 Å². The first-order chi connectivity index (χ1) is 17.5. The summed E-state index contributed by atoms with van der Waals surface area (Å²) in [5.74, 6) is 2.38. The van der Waals surface area contributed by atoms with Crippen LogP contribution >= 0.6 is 0 Å². The smallest absolute Gasteiger partial charge is 0.219 e. The Labute approximate surface area is 216 Å².